The van der Waals surface area contributed by atoms with Gasteiger partial charge < -0.3 is 9.97 Å². The van der Waals surface area contributed by atoms with Crippen LogP contribution >= 0.6 is 7.81 Å². The Morgan fingerprint density at radius 3 is 1.00 bits per heavy atom. The first-order chi connectivity index (χ1) is 8.45. The second-order valence-electron chi connectivity index (χ2n) is 2.88. The summed E-state index contributed by atoms with van der Waals surface area (Å²) in [6.07, 6.45) is 8.67. The molecule has 0 N–H and O–H groups in total. The zero-order valence-electron chi connectivity index (χ0n) is 9.56. The molecule has 0 aromatic carbocycles. The fourth-order valence-corrected chi connectivity index (χ4v) is 0.555. The maximum atomic E-state index is 9.87. The Hall–Kier alpha value is -1.04. The monoisotopic (exact) mass is 494 g/mol. The molecule has 0 aliphatic rings. The Morgan fingerprint density at radius 2 is 0.950 bits per heavy atom. The van der Waals surface area contributed by atoms with Crippen LogP contribution in [0.25, 0.3) is 0 Å². The Kier molecular flexibility index (Phi) is 8.15. The zero-order chi connectivity index (χ0) is 14.9. The van der Waals surface area contributed by atoms with E-state index in [1.807, 2.05) is 24.3 Å². The molecule has 0 aliphatic heterocycles. The average molecular weight is 493 g/mol. The van der Waals surface area contributed by atoms with Crippen molar-refractivity contribution in [1.82, 2.24) is 9.97 Å². The van der Waals surface area contributed by atoms with Crippen LogP contribution in [0.3, 0.4) is 0 Å². The second-order valence-corrected chi connectivity index (χ2v) is 4.79. The van der Waals surface area contributed by atoms with E-state index >= 15 is 0 Å². The summed E-state index contributed by atoms with van der Waals surface area (Å²) in [5.74, 6) is 0. The fourth-order valence-electron chi connectivity index (χ4n) is 0.555. The van der Waals surface area contributed by atoms with Crippen molar-refractivity contribution in [2.45, 2.75) is 0 Å². The molecule has 2 nitrogen and oxygen atoms in total. The Balaban J connectivity index is 0. The molecule has 0 amide bonds. The smallest absolute Gasteiger partial charge is 0 e. The van der Waals surface area contributed by atoms with Gasteiger partial charge in [0.1, 0.15) is 0 Å². The molecule has 0 unspecified atom stereocenters. The summed E-state index contributed by atoms with van der Waals surface area (Å²) < 4.78 is 59.2. The van der Waals surface area contributed by atoms with Crippen LogP contribution in [0.2, 0.25) is 0 Å². The summed E-state index contributed by atoms with van der Waals surface area (Å²) in [5.41, 5.74) is 0. The van der Waals surface area contributed by atoms with Crippen molar-refractivity contribution >= 4 is 7.81 Å². The second kappa shape index (κ2) is 7.67. The van der Waals surface area contributed by atoms with Crippen molar-refractivity contribution in [2.75, 3.05) is 0 Å². The minimum absolute atomic E-state index is 0. The van der Waals surface area contributed by atoms with Gasteiger partial charge in [-0.3, -0.25) is 0 Å². The third kappa shape index (κ3) is 36.0. The van der Waals surface area contributed by atoms with E-state index in [0.717, 1.165) is 0 Å². The largest absolute Gasteiger partial charge is 0.394 e. The van der Waals surface area contributed by atoms with Gasteiger partial charge in [-0.2, -0.15) is 36.4 Å². The van der Waals surface area contributed by atoms with Crippen LogP contribution in [0, 0.1) is 12.4 Å². The molecule has 2 heterocycles. The van der Waals surface area contributed by atoms with Crippen LogP contribution < -0.4 is 0 Å². The summed E-state index contributed by atoms with van der Waals surface area (Å²) in [6, 6.07) is 11.0. The predicted octanol–water partition coefficient (Wildman–Crippen LogP) is 5.14. The van der Waals surface area contributed by atoms with Crippen LogP contribution in [0.4, 0.5) is 25.2 Å². The SMILES string of the molecule is F[P-](F)(F)(F)(F)F.[Ir].[c-]1ccccn1.[c-]1ccccn1. The summed E-state index contributed by atoms with van der Waals surface area (Å²) in [6.45, 7) is 0. The van der Waals surface area contributed by atoms with E-state index in [4.69, 9.17) is 0 Å². The van der Waals surface area contributed by atoms with E-state index in [2.05, 4.69) is 22.4 Å². The van der Waals surface area contributed by atoms with Gasteiger partial charge in [-0.25, -0.2) is 0 Å². The Bertz CT molecular complexity index is 354. The summed E-state index contributed by atoms with van der Waals surface area (Å²) >= 11 is 0. The van der Waals surface area contributed by atoms with E-state index in [9.17, 15) is 25.2 Å². The maximum Gasteiger partial charge on any atom is 0 e. The molecule has 117 valence electrons. The molecule has 1 radical (unpaired) electrons. The molecule has 10 heteroatoms. The van der Waals surface area contributed by atoms with E-state index in [-0.39, 0.29) is 20.1 Å². The molecule has 0 atom stereocenters. The van der Waals surface area contributed by atoms with E-state index in [1.54, 1.807) is 24.5 Å². The molecule has 2 rings (SSSR count). The van der Waals surface area contributed by atoms with Gasteiger partial charge in [0.15, 0.2) is 0 Å². The summed E-state index contributed by atoms with van der Waals surface area (Å²) in [7, 11) is -10.7. The van der Waals surface area contributed by atoms with Crippen LogP contribution in [0.15, 0.2) is 48.8 Å². The minimum Gasteiger partial charge on any atom is -0.394 e. The first-order valence-electron chi connectivity index (χ1n) is 4.56. The molecule has 0 bridgehead atoms. The van der Waals surface area contributed by atoms with Crippen LogP contribution in [-0.2, 0) is 20.1 Å². The summed E-state index contributed by atoms with van der Waals surface area (Å²) in [5, 5.41) is 0. The number of nitrogens with zero attached hydrogens (tertiary/aromatic N) is 2. The van der Waals surface area contributed by atoms with E-state index < -0.39 is 7.81 Å². The third-order valence-corrected chi connectivity index (χ3v) is 1.03. The van der Waals surface area contributed by atoms with Crippen LogP contribution in [0.1, 0.15) is 0 Å². The molecular formula is C10H8F6IrN2P-3. The first kappa shape index (κ1) is 21.3. The van der Waals surface area contributed by atoms with Gasteiger partial charge in [-0.05, 0) is 0 Å². The molecule has 0 aliphatic carbocycles. The number of hydrogen-bond donors (Lipinski definition) is 0. The number of halogens is 6. The van der Waals surface area contributed by atoms with Crippen LogP contribution in [-0.4, -0.2) is 9.97 Å². The minimum atomic E-state index is -10.7. The zero-order valence-corrected chi connectivity index (χ0v) is 12.9. The quantitative estimate of drug-likeness (QED) is 0.289. The number of rotatable bonds is 0. The van der Waals surface area contributed by atoms with Gasteiger partial charge in [0.2, 0.25) is 0 Å². The Labute approximate surface area is 124 Å². The maximum absolute atomic E-state index is 10.7. The standard InChI is InChI=1S/2C5H4N.F6P.Ir/c2*1-2-4-6-5-3-1;1-7(2,3,4,5)6;/h2*1-4H;;/q3*-1;. The third-order valence-electron chi connectivity index (χ3n) is 1.03. The van der Waals surface area contributed by atoms with E-state index in [0.29, 0.717) is 0 Å². The van der Waals surface area contributed by atoms with Crippen molar-refractivity contribution in [3.63, 3.8) is 0 Å². The number of hydrogen-bond acceptors (Lipinski definition) is 2. The van der Waals surface area contributed by atoms with Crippen molar-refractivity contribution in [1.29, 1.82) is 0 Å². The molecule has 2 aromatic heterocycles. The van der Waals surface area contributed by atoms with E-state index in [1.165, 1.54) is 0 Å². The molecular weight excluding hydrogens is 485 g/mol. The topological polar surface area (TPSA) is 25.8 Å². The van der Waals surface area contributed by atoms with Crippen molar-refractivity contribution in [2.24, 2.45) is 0 Å². The molecule has 0 fully saturated rings. The molecule has 0 saturated heterocycles. The predicted molar refractivity (Wildman–Crippen MR) is 59.7 cm³/mol. The number of aromatic nitrogens is 2. The normalized spacial score (nSPS) is 12.9. The van der Waals surface area contributed by atoms with Gasteiger partial charge in [0, 0.05) is 20.1 Å². The van der Waals surface area contributed by atoms with Crippen molar-refractivity contribution in [3.05, 3.63) is 61.2 Å². The van der Waals surface area contributed by atoms with Crippen LogP contribution in [0.5, 0.6) is 0 Å². The van der Waals surface area contributed by atoms with Gasteiger partial charge >= 0.3 is 33.0 Å². The van der Waals surface area contributed by atoms with Crippen molar-refractivity contribution in [3.8, 4) is 0 Å². The van der Waals surface area contributed by atoms with Gasteiger partial charge in [0.25, 0.3) is 0 Å². The average Bonchev–Trinajstić information content (AvgIpc) is 2.30. The first-order valence-corrected chi connectivity index (χ1v) is 6.58. The van der Waals surface area contributed by atoms with Crippen molar-refractivity contribution < 1.29 is 45.3 Å². The molecule has 2 aromatic rings. The summed E-state index contributed by atoms with van der Waals surface area (Å²) in [4.78, 5) is 7.32. The van der Waals surface area contributed by atoms with Gasteiger partial charge in [-0.15, -0.1) is 0 Å². The molecule has 0 saturated carbocycles. The Morgan fingerprint density at radius 1 is 0.650 bits per heavy atom. The molecule has 20 heavy (non-hydrogen) atoms. The number of pyridine rings is 2. The molecule has 0 spiro atoms. The fraction of sp³-hybridized carbons (Fsp3) is 0. The van der Waals surface area contributed by atoms with Gasteiger partial charge in [-0.1, -0.05) is 24.8 Å². The van der Waals surface area contributed by atoms with Gasteiger partial charge in [0.05, 0.1) is 0 Å².